The first-order valence-corrected chi connectivity index (χ1v) is 10.9. The van der Waals surface area contributed by atoms with Crippen molar-refractivity contribution < 1.29 is 9.59 Å². The molecule has 148 valence electrons. The van der Waals surface area contributed by atoms with E-state index in [-0.39, 0.29) is 21.9 Å². The van der Waals surface area contributed by atoms with Gasteiger partial charge in [-0.15, -0.1) is 11.8 Å². The Labute approximate surface area is 167 Å². The second-order valence-electron chi connectivity index (χ2n) is 9.04. The van der Waals surface area contributed by atoms with Gasteiger partial charge in [-0.3, -0.25) is 15.0 Å². The van der Waals surface area contributed by atoms with Gasteiger partial charge in [0.25, 0.3) is 5.91 Å². The monoisotopic (exact) mass is 388 g/mol. The SMILES string of the molecule is CC1SC2(CCC(C(C)(C)C)CC2)N(NC(=O)CCc2ccccc2)C1=O. The van der Waals surface area contributed by atoms with Gasteiger partial charge in [0.15, 0.2) is 0 Å². The summed E-state index contributed by atoms with van der Waals surface area (Å²) in [5.74, 6) is 0.645. The Bertz CT molecular complexity index is 675. The summed E-state index contributed by atoms with van der Waals surface area (Å²) in [4.78, 5) is 25.1. The summed E-state index contributed by atoms with van der Waals surface area (Å²) < 4.78 is 0. The largest absolute Gasteiger partial charge is 0.273 e. The maximum Gasteiger partial charge on any atom is 0.255 e. The van der Waals surface area contributed by atoms with Gasteiger partial charge in [0.1, 0.15) is 4.87 Å². The first kappa shape index (κ1) is 20.2. The predicted octanol–water partition coefficient (Wildman–Crippen LogP) is 4.55. The standard InChI is InChI=1S/C22H32N2O2S/c1-16-20(26)24(23-19(25)11-10-17-8-6-5-7-9-17)22(27-16)14-12-18(13-15-22)21(2,3)4/h5-9,16,18H,10-15H2,1-4H3,(H,23,25). The summed E-state index contributed by atoms with van der Waals surface area (Å²) in [6, 6.07) is 10.0. The summed E-state index contributed by atoms with van der Waals surface area (Å²) in [7, 11) is 0. The van der Waals surface area contributed by atoms with Crippen LogP contribution in [0.4, 0.5) is 0 Å². The fourth-order valence-electron chi connectivity index (χ4n) is 4.33. The Balaban J connectivity index is 1.63. The van der Waals surface area contributed by atoms with E-state index in [0.29, 0.717) is 24.2 Å². The van der Waals surface area contributed by atoms with E-state index in [1.165, 1.54) is 0 Å². The second kappa shape index (κ2) is 7.86. The van der Waals surface area contributed by atoms with Crippen LogP contribution in [-0.4, -0.2) is 26.9 Å². The molecule has 1 aromatic rings. The van der Waals surface area contributed by atoms with Gasteiger partial charge in [-0.1, -0.05) is 51.1 Å². The molecule has 1 aliphatic heterocycles. The first-order chi connectivity index (χ1) is 12.7. The molecule has 5 heteroatoms. The smallest absolute Gasteiger partial charge is 0.255 e. The zero-order valence-electron chi connectivity index (χ0n) is 17.0. The fraction of sp³-hybridized carbons (Fsp3) is 0.636. The van der Waals surface area contributed by atoms with Gasteiger partial charge in [0.2, 0.25) is 5.91 Å². The number of thioether (sulfide) groups is 1. The van der Waals surface area contributed by atoms with Crippen molar-refractivity contribution in [3.8, 4) is 0 Å². The van der Waals surface area contributed by atoms with Gasteiger partial charge >= 0.3 is 0 Å². The topological polar surface area (TPSA) is 49.4 Å². The van der Waals surface area contributed by atoms with E-state index in [9.17, 15) is 9.59 Å². The molecule has 3 rings (SSSR count). The lowest BCUT2D eigenvalue weighted by atomic mass is 9.71. The van der Waals surface area contributed by atoms with Crippen LogP contribution >= 0.6 is 11.8 Å². The number of hydrogen-bond donors (Lipinski definition) is 1. The Hall–Kier alpha value is -1.49. The van der Waals surface area contributed by atoms with E-state index >= 15 is 0 Å². The number of hydrogen-bond acceptors (Lipinski definition) is 3. The van der Waals surface area contributed by atoms with Crippen LogP contribution in [0.15, 0.2) is 30.3 Å². The highest BCUT2D eigenvalue weighted by Gasteiger charge is 2.53. The van der Waals surface area contributed by atoms with Crippen molar-refractivity contribution in [1.82, 2.24) is 10.4 Å². The number of aryl methyl sites for hydroxylation is 1. The van der Waals surface area contributed by atoms with Crippen LogP contribution in [-0.2, 0) is 16.0 Å². The van der Waals surface area contributed by atoms with Crippen LogP contribution in [0.2, 0.25) is 0 Å². The number of benzene rings is 1. The summed E-state index contributed by atoms with van der Waals surface area (Å²) in [6.07, 6.45) is 5.20. The fourth-order valence-corrected chi connectivity index (χ4v) is 5.91. The third-order valence-electron chi connectivity index (χ3n) is 6.08. The molecule has 0 radical (unpaired) electrons. The Morgan fingerprint density at radius 1 is 1.22 bits per heavy atom. The van der Waals surface area contributed by atoms with Gasteiger partial charge in [0, 0.05) is 6.42 Å². The zero-order chi connectivity index (χ0) is 19.7. The van der Waals surface area contributed by atoms with Crippen molar-refractivity contribution in [3.05, 3.63) is 35.9 Å². The van der Waals surface area contributed by atoms with Crippen molar-refractivity contribution in [2.24, 2.45) is 11.3 Å². The van der Waals surface area contributed by atoms with Crippen molar-refractivity contribution in [2.75, 3.05) is 0 Å². The molecule has 0 bridgehead atoms. The van der Waals surface area contributed by atoms with E-state index in [2.05, 4.69) is 26.2 Å². The van der Waals surface area contributed by atoms with Gasteiger partial charge < -0.3 is 0 Å². The molecular formula is C22H32N2O2S. The third kappa shape index (κ3) is 4.50. The highest BCUT2D eigenvalue weighted by atomic mass is 32.2. The number of carbonyl (C=O) groups excluding carboxylic acids is 2. The average molecular weight is 389 g/mol. The average Bonchev–Trinajstić information content (AvgIpc) is 2.85. The highest BCUT2D eigenvalue weighted by molar-refractivity contribution is 8.02. The van der Waals surface area contributed by atoms with Crippen molar-refractivity contribution in [3.63, 3.8) is 0 Å². The molecule has 1 saturated carbocycles. The van der Waals surface area contributed by atoms with Gasteiger partial charge in [0.05, 0.1) is 5.25 Å². The lowest BCUT2D eigenvalue weighted by Crippen LogP contribution is -2.56. The molecule has 1 aliphatic carbocycles. The quantitative estimate of drug-likeness (QED) is 0.823. The van der Waals surface area contributed by atoms with Crippen molar-refractivity contribution >= 4 is 23.6 Å². The molecule has 2 amide bonds. The molecule has 1 aromatic carbocycles. The zero-order valence-corrected chi connectivity index (χ0v) is 17.8. The molecular weight excluding hydrogens is 356 g/mol. The van der Waals surface area contributed by atoms with Crippen LogP contribution in [0.1, 0.15) is 65.4 Å². The van der Waals surface area contributed by atoms with Crippen molar-refractivity contribution in [1.29, 1.82) is 0 Å². The number of nitrogens with one attached hydrogen (secondary N) is 1. The predicted molar refractivity (Wildman–Crippen MR) is 111 cm³/mol. The molecule has 2 fully saturated rings. The van der Waals surface area contributed by atoms with E-state index in [1.807, 2.05) is 37.3 Å². The Morgan fingerprint density at radius 3 is 2.44 bits per heavy atom. The molecule has 0 aromatic heterocycles. The molecule has 1 N–H and O–H groups in total. The molecule has 1 atom stereocenters. The minimum absolute atomic E-state index is 0.0438. The van der Waals surface area contributed by atoms with E-state index in [1.54, 1.807) is 16.8 Å². The van der Waals surface area contributed by atoms with Gasteiger partial charge in [-0.25, -0.2) is 5.01 Å². The van der Waals surface area contributed by atoms with E-state index in [0.717, 1.165) is 31.2 Å². The van der Waals surface area contributed by atoms with Crippen LogP contribution in [0.25, 0.3) is 0 Å². The van der Waals surface area contributed by atoms with Crippen LogP contribution < -0.4 is 5.43 Å². The summed E-state index contributed by atoms with van der Waals surface area (Å²) in [5.41, 5.74) is 4.41. The molecule has 1 saturated heterocycles. The normalized spacial score (nSPS) is 28.6. The van der Waals surface area contributed by atoms with Gasteiger partial charge in [-0.05, 0) is 55.9 Å². The van der Waals surface area contributed by atoms with Crippen molar-refractivity contribution in [2.45, 2.75) is 76.3 Å². The number of nitrogens with zero attached hydrogens (tertiary/aromatic N) is 1. The lowest BCUT2D eigenvalue weighted by Gasteiger charge is -2.45. The minimum Gasteiger partial charge on any atom is -0.273 e. The maximum absolute atomic E-state index is 12.8. The number of hydrazine groups is 1. The molecule has 1 unspecified atom stereocenters. The number of rotatable bonds is 4. The van der Waals surface area contributed by atoms with E-state index < -0.39 is 0 Å². The minimum atomic E-state index is -0.263. The molecule has 2 aliphatic rings. The van der Waals surface area contributed by atoms with E-state index in [4.69, 9.17) is 0 Å². The Morgan fingerprint density at radius 2 is 1.85 bits per heavy atom. The summed E-state index contributed by atoms with van der Waals surface area (Å²) >= 11 is 1.74. The number of carbonyl (C=O) groups is 2. The van der Waals surface area contributed by atoms with Crippen LogP contribution in [0.3, 0.4) is 0 Å². The molecule has 27 heavy (non-hydrogen) atoms. The lowest BCUT2D eigenvalue weighted by molar-refractivity contribution is -0.144. The third-order valence-corrected chi connectivity index (χ3v) is 7.67. The van der Waals surface area contributed by atoms with Gasteiger partial charge in [-0.2, -0.15) is 0 Å². The second-order valence-corrected chi connectivity index (χ2v) is 10.7. The van der Waals surface area contributed by atoms with Crippen LogP contribution in [0.5, 0.6) is 0 Å². The highest BCUT2D eigenvalue weighted by Crippen LogP contribution is 2.52. The molecule has 1 spiro atoms. The summed E-state index contributed by atoms with van der Waals surface area (Å²) in [5, 5.41) is 1.60. The number of amides is 2. The molecule has 1 heterocycles. The summed E-state index contributed by atoms with van der Waals surface area (Å²) in [6.45, 7) is 8.86. The maximum atomic E-state index is 12.8. The van der Waals surface area contributed by atoms with Crippen LogP contribution in [0, 0.1) is 11.3 Å². The Kier molecular flexibility index (Phi) is 5.90. The molecule has 4 nitrogen and oxygen atoms in total. The first-order valence-electron chi connectivity index (χ1n) is 10.1.